The Morgan fingerprint density at radius 3 is 2.54 bits per heavy atom. The van der Waals surface area contributed by atoms with Gasteiger partial charge in [0.1, 0.15) is 15.6 Å². The molecule has 0 radical (unpaired) electrons. The number of nitrogens with one attached hydrogen (secondary N) is 1. The van der Waals surface area contributed by atoms with Gasteiger partial charge in [0.05, 0.1) is 17.3 Å². The van der Waals surface area contributed by atoms with E-state index in [4.69, 9.17) is 16.7 Å². The number of hydrogen-bond donors (Lipinski definition) is 2. The second-order valence-electron chi connectivity index (χ2n) is 5.80. The highest BCUT2D eigenvalue weighted by atomic mass is 35.5. The van der Waals surface area contributed by atoms with Crippen molar-refractivity contribution in [1.82, 2.24) is 4.90 Å². The molecule has 0 unspecified atom stereocenters. The first-order valence-corrected chi connectivity index (χ1v) is 10.7. The molecule has 0 bridgehead atoms. The standard InChI is InChI=1S/C13H17ClN4O4S2/c14-9-6-10-12(7-11(9)23(15,19)20)24(21,22)17-13(16-10)8-18-4-2-1-3-5-18/h6-7H,1-5,8H2,(H,16,17)(H2,15,19,20). The summed E-state index contributed by atoms with van der Waals surface area (Å²) >= 11 is 5.93. The quantitative estimate of drug-likeness (QED) is 0.790. The summed E-state index contributed by atoms with van der Waals surface area (Å²) in [7, 11) is -8.16. The lowest BCUT2D eigenvalue weighted by Crippen LogP contribution is -2.38. The number of rotatable bonds is 3. The molecule has 1 saturated heterocycles. The van der Waals surface area contributed by atoms with Gasteiger partial charge in [0.15, 0.2) is 0 Å². The number of amidine groups is 1. The molecule has 1 fully saturated rings. The SMILES string of the molecule is NS(=O)(=O)c1cc2c(cc1Cl)NC(CN1CCCCC1)=NS2(=O)=O. The monoisotopic (exact) mass is 392 g/mol. The lowest BCUT2D eigenvalue weighted by Gasteiger charge is -2.28. The van der Waals surface area contributed by atoms with E-state index in [1.54, 1.807) is 0 Å². The molecule has 2 aliphatic rings. The van der Waals surface area contributed by atoms with Crippen molar-refractivity contribution in [1.29, 1.82) is 0 Å². The summed E-state index contributed by atoms with van der Waals surface area (Å²) in [6.45, 7) is 2.16. The molecule has 132 valence electrons. The fraction of sp³-hybridized carbons (Fsp3) is 0.462. The average Bonchev–Trinajstić information content (AvgIpc) is 2.45. The van der Waals surface area contributed by atoms with Crippen LogP contribution < -0.4 is 10.5 Å². The minimum Gasteiger partial charge on any atom is -0.341 e. The van der Waals surface area contributed by atoms with E-state index in [1.165, 1.54) is 12.5 Å². The molecule has 0 aliphatic carbocycles. The van der Waals surface area contributed by atoms with Gasteiger partial charge in [0, 0.05) is 0 Å². The number of nitrogens with two attached hydrogens (primary N) is 1. The first-order chi connectivity index (χ1) is 11.2. The Morgan fingerprint density at radius 1 is 1.25 bits per heavy atom. The molecule has 1 aromatic rings. The molecule has 0 aromatic heterocycles. The molecule has 8 nitrogen and oxygen atoms in total. The van der Waals surface area contributed by atoms with E-state index < -0.39 is 24.9 Å². The van der Waals surface area contributed by atoms with Crippen LogP contribution in [0.1, 0.15) is 19.3 Å². The van der Waals surface area contributed by atoms with E-state index in [9.17, 15) is 16.8 Å². The largest absolute Gasteiger partial charge is 0.341 e. The highest BCUT2D eigenvalue weighted by molar-refractivity contribution is 7.91. The fourth-order valence-electron chi connectivity index (χ4n) is 2.83. The molecule has 24 heavy (non-hydrogen) atoms. The molecular formula is C13H17ClN4O4S2. The second kappa shape index (κ2) is 6.26. The smallest absolute Gasteiger partial charge is 0.286 e. The molecule has 0 amide bonds. The van der Waals surface area contributed by atoms with Crippen molar-refractivity contribution in [2.45, 2.75) is 29.1 Å². The van der Waals surface area contributed by atoms with Crippen LogP contribution in [0.2, 0.25) is 5.02 Å². The maximum absolute atomic E-state index is 12.4. The van der Waals surface area contributed by atoms with E-state index in [2.05, 4.69) is 14.6 Å². The summed E-state index contributed by atoms with van der Waals surface area (Å²) in [5.74, 6) is 0.295. The zero-order chi connectivity index (χ0) is 17.5. The number of likely N-dealkylation sites (tertiary alicyclic amines) is 1. The van der Waals surface area contributed by atoms with Crippen molar-refractivity contribution in [2.75, 3.05) is 25.0 Å². The Balaban J connectivity index is 1.97. The summed E-state index contributed by atoms with van der Waals surface area (Å²) in [6.07, 6.45) is 3.31. The average molecular weight is 393 g/mol. The third kappa shape index (κ3) is 3.57. The molecule has 3 rings (SSSR count). The molecule has 1 aromatic carbocycles. The molecule has 0 spiro atoms. The number of fused-ring (bicyclic) bond motifs is 1. The van der Waals surface area contributed by atoms with Crippen LogP contribution in [0, 0.1) is 0 Å². The van der Waals surface area contributed by atoms with E-state index in [0.29, 0.717) is 12.4 Å². The summed E-state index contributed by atoms with van der Waals surface area (Å²) in [6, 6.07) is 2.19. The van der Waals surface area contributed by atoms with Crippen molar-refractivity contribution in [3.63, 3.8) is 0 Å². The maximum Gasteiger partial charge on any atom is 0.286 e. The van der Waals surface area contributed by atoms with Crippen LogP contribution in [0.15, 0.2) is 26.3 Å². The number of hydrogen-bond acceptors (Lipinski definition) is 6. The van der Waals surface area contributed by atoms with Crippen LogP contribution in [0.5, 0.6) is 0 Å². The van der Waals surface area contributed by atoms with Gasteiger partial charge < -0.3 is 5.32 Å². The summed E-state index contributed by atoms with van der Waals surface area (Å²) in [5, 5.41) is 7.85. The fourth-order valence-corrected chi connectivity index (χ4v) is 5.15. The number of benzene rings is 1. The van der Waals surface area contributed by atoms with Gasteiger partial charge >= 0.3 is 0 Å². The number of halogens is 1. The number of sulfonamides is 2. The van der Waals surface area contributed by atoms with E-state index in [1.807, 2.05) is 0 Å². The number of primary sulfonamides is 1. The minimum absolute atomic E-state index is 0.141. The van der Waals surface area contributed by atoms with Crippen LogP contribution in [0.4, 0.5) is 5.69 Å². The molecule has 11 heteroatoms. The van der Waals surface area contributed by atoms with Gasteiger partial charge in [-0.05, 0) is 38.1 Å². The highest BCUT2D eigenvalue weighted by Gasteiger charge is 2.29. The lowest BCUT2D eigenvalue weighted by atomic mass is 10.1. The van der Waals surface area contributed by atoms with E-state index in [-0.39, 0.29) is 15.6 Å². The first-order valence-electron chi connectivity index (χ1n) is 7.36. The van der Waals surface area contributed by atoms with E-state index in [0.717, 1.165) is 32.0 Å². The Morgan fingerprint density at radius 2 is 1.92 bits per heavy atom. The second-order valence-corrected chi connectivity index (χ2v) is 9.31. The third-order valence-electron chi connectivity index (χ3n) is 3.95. The molecule has 0 saturated carbocycles. The topological polar surface area (TPSA) is 122 Å². The van der Waals surface area contributed by atoms with Crippen molar-refractivity contribution in [3.8, 4) is 0 Å². The summed E-state index contributed by atoms with van der Waals surface area (Å²) < 4.78 is 51.6. The molecule has 2 heterocycles. The lowest BCUT2D eigenvalue weighted by molar-refractivity contribution is 0.258. The highest BCUT2D eigenvalue weighted by Crippen LogP contribution is 2.34. The Labute approximate surface area is 145 Å². The molecule has 0 atom stereocenters. The van der Waals surface area contributed by atoms with Crippen molar-refractivity contribution in [2.24, 2.45) is 9.54 Å². The predicted molar refractivity (Wildman–Crippen MR) is 91.4 cm³/mol. The van der Waals surface area contributed by atoms with Crippen LogP contribution >= 0.6 is 11.6 Å². The third-order valence-corrected chi connectivity index (χ3v) is 6.68. The van der Waals surface area contributed by atoms with Crippen LogP contribution in [0.25, 0.3) is 0 Å². The molecule has 3 N–H and O–H groups in total. The van der Waals surface area contributed by atoms with Gasteiger partial charge in [-0.3, -0.25) is 4.90 Å². The van der Waals surface area contributed by atoms with Gasteiger partial charge in [-0.15, -0.1) is 4.40 Å². The maximum atomic E-state index is 12.4. The van der Waals surface area contributed by atoms with Gasteiger partial charge in [0.2, 0.25) is 10.0 Å². The number of piperidine rings is 1. The zero-order valence-corrected chi connectivity index (χ0v) is 15.1. The van der Waals surface area contributed by atoms with Gasteiger partial charge in [-0.1, -0.05) is 18.0 Å². The number of anilines is 1. The zero-order valence-electron chi connectivity index (χ0n) is 12.7. The van der Waals surface area contributed by atoms with Crippen LogP contribution in [-0.4, -0.2) is 47.2 Å². The Kier molecular flexibility index (Phi) is 4.60. The van der Waals surface area contributed by atoms with Crippen LogP contribution in [0.3, 0.4) is 0 Å². The van der Waals surface area contributed by atoms with Gasteiger partial charge in [-0.2, -0.15) is 8.42 Å². The first kappa shape index (κ1) is 17.6. The van der Waals surface area contributed by atoms with E-state index >= 15 is 0 Å². The minimum atomic E-state index is -4.13. The van der Waals surface area contributed by atoms with Crippen molar-refractivity contribution < 1.29 is 16.8 Å². The summed E-state index contributed by atoms with van der Waals surface area (Å²) in [5.41, 5.74) is 0.203. The van der Waals surface area contributed by atoms with Gasteiger partial charge in [-0.25, -0.2) is 13.6 Å². The number of nitrogens with zero attached hydrogens (tertiary/aromatic N) is 2. The molecular weight excluding hydrogens is 376 g/mol. The van der Waals surface area contributed by atoms with Crippen LogP contribution in [-0.2, 0) is 20.0 Å². The van der Waals surface area contributed by atoms with Gasteiger partial charge in [0.25, 0.3) is 10.0 Å². The Bertz CT molecular complexity index is 906. The normalized spacial score (nSPS) is 20.8. The summed E-state index contributed by atoms with van der Waals surface area (Å²) in [4.78, 5) is 1.43. The molecule has 2 aliphatic heterocycles. The van der Waals surface area contributed by atoms with Crippen molar-refractivity contribution in [3.05, 3.63) is 17.2 Å². The Hall–Kier alpha value is -1.20. The van der Waals surface area contributed by atoms with Crippen molar-refractivity contribution >= 4 is 43.2 Å². The predicted octanol–water partition coefficient (Wildman–Crippen LogP) is 0.986.